The summed E-state index contributed by atoms with van der Waals surface area (Å²) in [5, 5.41) is 0. The van der Waals surface area contributed by atoms with Crippen LogP contribution in [-0.2, 0) is 27.3 Å². The molecule has 1 atom stereocenters. The zero-order chi connectivity index (χ0) is 18.9. The fourth-order valence-corrected chi connectivity index (χ4v) is 2.71. The van der Waals surface area contributed by atoms with Crippen LogP contribution in [0.25, 0.3) is 0 Å². The van der Waals surface area contributed by atoms with Crippen LogP contribution in [0.5, 0.6) is 0 Å². The molecule has 1 aromatic carbocycles. The van der Waals surface area contributed by atoms with E-state index in [-0.39, 0.29) is 17.8 Å². The molecule has 0 bridgehead atoms. The van der Waals surface area contributed by atoms with Crippen molar-refractivity contribution in [1.82, 2.24) is 9.88 Å². The van der Waals surface area contributed by atoms with E-state index in [0.717, 1.165) is 11.3 Å². The summed E-state index contributed by atoms with van der Waals surface area (Å²) in [5.41, 5.74) is 3.12. The first-order chi connectivity index (χ1) is 12.5. The Hall–Kier alpha value is -2.69. The van der Waals surface area contributed by atoms with Crippen LogP contribution in [0.2, 0.25) is 0 Å². The number of methoxy groups -OCH3 is 1. The highest BCUT2D eigenvalue weighted by Crippen LogP contribution is 2.12. The predicted molar refractivity (Wildman–Crippen MR) is 100 cm³/mol. The van der Waals surface area contributed by atoms with Gasteiger partial charge >= 0.3 is 5.97 Å². The Morgan fingerprint density at radius 3 is 2.50 bits per heavy atom. The summed E-state index contributed by atoms with van der Waals surface area (Å²) < 4.78 is 4.79. The average molecular weight is 354 g/mol. The van der Waals surface area contributed by atoms with Crippen molar-refractivity contribution in [2.24, 2.45) is 5.92 Å². The number of ether oxygens (including phenoxy) is 1. The van der Waals surface area contributed by atoms with Gasteiger partial charge in [0.15, 0.2) is 0 Å². The fourth-order valence-electron chi connectivity index (χ4n) is 2.71. The van der Waals surface area contributed by atoms with E-state index in [2.05, 4.69) is 4.98 Å². The van der Waals surface area contributed by atoms with Gasteiger partial charge in [-0.15, -0.1) is 0 Å². The van der Waals surface area contributed by atoms with Gasteiger partial charge in [-0.2, -0.15) is 0 Å². The number of carbonyl (C=O) groups excluding carboxylic acids is 2. The van der Waals surface area contributed by atoms with E-state index < -0.39 is 0 Å². The van der Waals surface area contributed by atoms with E-state index in [1.807, 2.05) is 49.4 Å². The highest BCUT2D eigenvalue weighted by Gasteiger charge is 2.22. The van der Waals surface area contributed by atoms with Gasteiger partial charge in [-0.05, 0) is 31.0 Å². The normalized spacial score (nSPS) is 11.7. The van der Waals surface area contributed by atoms with Crippen LogP contribution in [0, 0.1) is 12.8 Å². The Morgan fingerprint density at radius 1 is 1.15 bits per heavy atom. The molecule has 0 aliphatic carbocycles. The van der Waals surface area contributed by atoms with Gasteiger partial charge in [-0.3, -0.25) is 14.6 Å². The van der Waals surface area contributed by atoms with Crippen molar-refractivity contribution < 1.29 is 14.3 Å². The summed E-state index contributed by atoms with van der Waals surface area (Å²) >= 11 is 0. The van der Waals surface area contributed by atoms with Gasteiger partial charge in [-0.1, -0.05) is 42.8 Å². The van der Waals surface area contributed by atoms with Crippen molar-refractivity contribution in [3.63, 3.8) is 0 Å². The molecule has 1 aromatic heterocycles. The first kappa shape index (κ1) is 19.6. The molecule has 2 rings (SSSR count). The van der Waals surface area contributed by atoms with Crippen molar-refractivity contribution in [2.45, 2.75) is 33.2 Å². The lowest BCUT2D eigenvalue weighted by atomic mass is 10.1. The third-order valence-corrected chi connectivity index (χ3v) is 4.28. The number of hydrogen-bond donors (Lipinski definition) is 0. The van der Waals surface area contributed by atoms with Gasteiger partial charge in [0.1, 0.15) is 0 Å². The number of pyridine rings is 1. The molecule has 1 unspecified atom stereocenters. The number of nitrogens with zero attached hydrogens (tertiary/aromatic N) is 2. The molecule has 0 saturated heterocycles. The molecule has 5 heteroatoms. The van der Waals surface area contributed by atoms with Crippen LogP contribution >= 0.6 is 0 Å². The summed E-state index contributed by atoms with van der Waals surface area (Å²) in [6.07, 6.45) is 2.77. The Balaban J connectivity index is 2.04. The minimum atomic E-state index is -0.382. The number of carbonyl (C=O) groups is 2. The molecular formula is C21H26N2O3. The molecule has 0 fully saturated rings. The monoisotopic (exact) mass is 354 g/mol. The summed E-state index contributed by atoms with van der Waals surface area (Å²) in [4.78, 5) is 30.5. The SMILES string of the molecule is COC(=O)C(C)CN(Cc1ccccn1)C(=O)CCc1ccc(C)cc1. The van der Waals surface area contributed by atoms with E-state index in [0.29, 0.717) is 25.9 Å². The minimum Gasteiger partial charge on any atom is -0.469 e. The van der Waals surface area contributed by atoms with Gasteiger partial charge in [0, 0.05) is 19.2 Å². The Kier molecular flexibility index (Phi) is 7.33. The third-order valence-electron chi connectivity index (χ3n) is 4.28. The van der Waals surface area contributed by atoms with Gasteiger partial charge in [-0.25, -0.2) is 0 Å². The molecule has 1 amide bonds. The molecule has 138 valence electrons. The van der Waals surface area contributed by atoms with Crippen molar-refractivity contribution >= 4 is 11.9 Å². The van der Waals surface area contributed by atoms with E-state index in [1.165, 1.54) is 12.7 Å². The average Bonchev–Trinajstić information content (AvgIpc) is 2.66. The largest absolute Gasteiger partial charge is 0.469 e. The molecule has 26 heavy (non-hydrogen) atoms. The number of benzene rings is 1. The van der Waals surface area contributed by atoms with E-state index >= 15 is 0 Å². The first-order valence-electron chi connectivity index (χ1n) is 8.80. The molecule has 2 aromatic rings. The third kappa shape index (κ3) is 5.99. The van der Waals surface area contributed by atoms with Crippen LogP contribution in [0.3, 0.4) is 0 Å². The van der Waals surface area contributed by atoms with Crippen molar-refractivity contribution in [3.8, 4) is 0 Å². The lowest BCUT2D eigenvalue weighted by Crippen LogP contribution is -2.37. The fraction of sp³-hybridized carbons (Fsp3) is 0.381. The number of hydrogen-bond acceptors (Lipinski definition) is 4. The number of aryl methyl sites for hydroxylation is 2. The van der Waals surface area contributed by atoms with Crippen LogP contribution < -0.4 is 0 Å². The van der Waals surface area contributed by atoms with Gasteiger partial charge < -0.3 is 9.64 Å². The Morgan fingerprint density at radius 2 is 1.88 bits per heavy atom. The zero-order valence-corrected chi connectivity index (χ0v) is 15.6. The summed E-state index contributed by atoms with van der Waals surface area (Å²) in [6.45, 7) is 4.51. The van der Waals surface area contributed by atoms with Crippen LogP contribution in [0.1, 0.15) is 30.2 Å². The molecule has 0 saturated carbocycles. The van der Waals surface area contributed by atoms with Crippen molar-refractivity contribution in [3.05, 3.63) is 65.5 Å². The minimum absolute atomic E-state index is 0.00646. The van der Waals surface area contributed by atoms with Crippen molar-refractivity contribution in [1.29, 1.82) is 0 Å². The maximum absolute atomic E-state index is 12.8. The topological polar surface area (TPSA) is 59.5 Å². The lowest BCUT2D eigenvalue weighted by molar-refractivity contribution is -0.146. The number of esters is 1. The first-order valence-corrected chi connectivity index (χ1v) is 8.80. The van der Waals surface area contributed by atoms with E-state index in [1.54, 1.807) is 18.0 Å². The molecular weight excluding hydrogens is 328 g/mol. The maximum atomic E-state index is 12.8. The lowest BCUT2D eigenvalue weighted by Gasteiger charge is -2.25. The van der Waals surface area contributed by atoms with E-state index in [4.69, 9.17) is 4.74 Å². The summed E-state index contributed by atoms with van der Waals surface area (Å²) in [5.74, 6) is -0.693. The second-order valence-corrected chi connectivity index (χ2v) is 6.51. The summed E-state index contributed by atoms with van der Waals surface area (Å²) in [6, 6.07) is 13.8. The highest BCUT2D eigenvalue weighted by atomic mass is 16.5. The number of amides is 1. The number of rotatable bonds is 8. The van der Waals surface area contributed by atoms with Crippen LogP contribution in [0.4, 0.5) is 0 Å². The zero-order valence-electron chi connectivity index (χ0n) is 15.6. The standard InChI is InChI=1S/C21H26N2O3/c1-16-7-9-18(10-8-16)11-12-20(24)23(14-17(2)21(25)26-3)15-19-6-4-5-13-22-19/h4-10,13,17H,11-12,14-15H2,1-3H3. The maximum Gasteiger partial charge on any atom is 0.310 e. The Bertz CT molecular complexity index is 714. The molecule has 0 spiro atoms. The second-order valence-electron chi connectivity index (χ2n) is 6.51. The highest BCUT2D eigenvalue weighted by molar-refractivity contribution is 5.78. The van der Waals surface area contributed by atoms with Crippen LogP contribution in [-0.4, -0.2) is 35.4 Å². The smallest absolute Gasteiger partial charge is 0.310 e. The molecule has 1 heterocycles. The number of aromatic nitrogens is 1. The van der Waals surface area contributed by atoms with Gasteiger partial charge in [0.05, 0.1) is 25.3 Å². The molecule has 0 N–H and O–H groups in total. The van der Waals surface area contributed by atoms with Gasteiger partial charge in [0.2, 0.25) is 5.91 Å². The van der Waals surface area contributed by atoms with Crippen molar-refractivity contribution in [2.75, 3.05) is 13.7 Å². The summed E-state index contributed by atoms with van der Waals surface area (Å²) in [7, 11) is 1.36. The molecule has 0 aliphatic rings. The Labute approximate surface area is 155 Å². The van der Waals surface area contributed by atoms with Gasteiger partial charge in [0.25, 0.3) is 0 Å². The predicted octanol–water partition coefficient (Wildman–Crippen LogP) is 3.16. The molecule has 0 radical (unpaired) electrons. The van der Waals surface area contributed by atoms with Crippen LogP contribution in [0.15, 0.2) is 48.7 Å². The molecule has 5 nitrogen and oxygen atoms in total. The quantitative estimate of drug-likeness (QED) is 0.683. The molecule has 0 aliphatic heterocycles. The van der Waals surface area contributed by atoms with E-state index in [9.17, 15) is 9.59 Å². The second kappa shape index (κ2) is 9.70.